The number of carbonyl (C=O) groups is 2. The number of urea groups is 1. The number of likely N-dealkylation sites (tertiary alicyclic amines) is 1. The number of carboxylic acid groups (broad SMARTS) is 1. The fourth-order valence-corrected chi connectivity index (χ4v) is 1.78. The summed E-state index contributed by atoms with van der Waals surface area (Å²) in [7, 11) is 1.63. The maximum atomic E-state index is 11.7. The molecule has 1 aliphatic rings. The van der Waals surface area contributed by atoms with Gasteiger partial charge in [-0.1, -0.05) is 0 Å². The standard InChI is InChI=1S/C11H20N2O4/c1-8(3-4-17-2)12-11(16)13-6-9(7-13)5-10(14)15/h8-9H,3-7H2,1-2H3,(H,12,16)(H,14,15). The van der Waals surface area contributed by atoms with E-state index >= 15 is 0 Å². The molecule has 6 heteroatoms. The van der Waals surface area contributed by atoms with Gasteiger partial charge < -0.3 is 20.1 Å². The lowest BCUT2D eigenvalue weighted by Crippen LogP contribution is -2.55. The molecule has 1 atom stereocenters. The molecule has 1 rings (SSSR count). The molecule has 1 heterocycles. The first kappa shape index (κ1) is 13.8. The lowest BCUT2D eigenvalue weighted by molar-refractivity contribution is -0.139. The average Bonchev–Trinajstić information content (AvgIpc) is 2.19. The number of amides is 2. The van der Waals surface area contributed by atoms with Gasteiger partial charge in [-0.05, 0) is 13.3 Å². The van der Waals surface area contributed by atoms with E-state index < -0.39 is 5.97 Å². The van der Waals surface area contributed by atoms with Gasteiger partial charge in [0.25, 0.3) is 0 Å². The van der Waals surface area contributed by atoms with Crippen LogP contribution in [0.4, 0.5) is 4.79 Å². The number of aliphatic carboxylic acids is 1. The Kier molecular flexibility index (Phi) is 5.21. The second kappa shape index (κ2) is 6.44. The van der Waals surface area contributed by atoms with Gasteiger partial charge in [0.1, 0.15) is 0 Å². The number of hydrogen-bond donors (Lipinski definition) is 2. The molecule has 1 saturated heterocycles. The largest absolute Gasteiger partial charge is 0.481 e. The van der Waals surface area contributed by atoms with Crippen LogP contribution >= 0.6 is 0 Å². The Balaban J connectivity index is 2.16. The number of nitrogens with zero attached hydrogens (tertiary/aromatic N) is 1. The monoisotopic (exact) mass is 244 g/mol. The van der Waals surface area contributed by atoms with Gasteiger partial charge in [0.2, 0.25) is 0 Å². The van der Waals surface area contributed by atoms with Crippen LogP contribution in [0.3, 0.4) is 0 Å². The van der Waals surface area contributed by atoms with Gasteiger partial charge in [-0.15, -0.1) is 0 Å². The van der Waals surface area contributed by atoms with Crippen molar-refractivity contribution in [3.63, 3.8) is 0 Å². The van der Waals surface area contributed by atoms with Gasteiger partial charge >= 0.3 is 12.0 Å². The number of methoxy groups -OCH3 is 1. The molecule has 0 aromatic rings. The van der Waals surface area contributed by atoms with Gasteiger partial charge in [-0.2, -0.15) is 0 Å². The lowest BCUT2D eigenvalue weighted by atomic mass is 9.97. The van der Waals surface area contributed by atoms with Crippen molar-refractivity contribution in [1.82, 2.24) is 10.2 Å². The van der Waals surface area contributed by atoms with E-state index in [2.05, 4.69) is 5.32 Å². The van der Waals surface area contributed by atoms with Crippen LogP contribution in [0.5, 0.6) is 0 Å². The predicted molar refractivity (Wildman–Crippen MR) is 61.8 cm³/mol. The van der Waals surface area contributed by atoms with Crippen molar-refractivity contribution in [2.75, 3.05) is 26.8 Å². The van der Waals surface area contributed by atoms with E-state index in [0.717, 1.165) is 6.42 Å². The molecule has 1 fully saturated rings. The third-order valence-electron chi connectivity index (χ3n) is 2.83. The zero-order chi connectivity index (χ0) is 12.8. The first-order valence-electron chi connectivity index (χ1n) is 5.79. The zero-order valence-corrected chi connectivity index (χ0v) is 10.3. The summed E-state index contributed by atoms with van der Waals surface area (Å²) in [6.45, 7) is 3.61. The number of carbonyl (C=O) groups excluding carboxylic acids is 1. The van der Waals surface area contributed by atoms with Crippen LogP contribution in [0.15, 0.2) is 0 Å². The molecule has 1 aliphatic heterocycles. The second-order valence-corrected chi connectivity index (χ2v) is 4.50. The highest BCUT2D eigenvalue weighted by atomic mass is 16.5. The lowest BCUT2D eigenvalue weighted by Gasteiger charge is -2.39. The Morgan fingerprint density at radius 1 is 1.53 bits per heavy atom. The van der Waals surface area contributed by atoms with E-state index in [0.29, 0.717) is 19.7 Å². The Morgan fingerprint density at radius 2 is 2.18 bits per heavy atom. The normalized spacial score (nSPS) is 17.4. The van der Waals surface area contributed by atoms with Crippen molar-refractivity contribution in [3.8, 4) is 0 Å². The molecule has 6 nitrogen and oxygen atoms in total. The van der Waals surface area contributed by atoms with E-state index in [1.807, 2.05) is 6.92 Å². The van der Waals surface area contributed by atoms with Crippen LogP contribution in [0, 0.1) is 5.92 Å². The Bertz CT molecular complexity index is 277. The van der Waals surface area contributed by atoms with Crippen molar-refractivity contribution in [3.05, 3.63) is 0 Å². The van der Waals surface area contributed by atoms with Crippen molar-refractivity contribution >= 4 is 12.0 Å². The summed E-state index contributed by atoms with van der Waals surface area (Å²) in [4.78, 5) is 23.7. The number of nitrogens with one attached hydrogen (secondary N) is 1. The topological polar surface area (TPSA) is 78.9 Å². The van der Waals surface area contributed by atoms with Crippen LogP contribution in [0.25, 0.3) is 0 Å². The highest BCUT2D eigenvalue weighted by Gasteiger charge is 2.32. The number of rotatable bonds is 6. The van der Waals surface area contributed by atoms with Crippen LogP contribution in [0.2, 0.25) is 0 Å². The predicted octanol–water partition coefficient (Wildman–Crippen LogP) is 0.527. The fourth-order valence-electron chi connectivity index (χ4n) is 1.78. The maximum Gasteiger partial charge on any atom is 0.317 e. The minimum atomic E-state index is -0.802. The van der Waals surface area contributed by atoms with Crippen LogP contribution in [-0.4, -0.2) is 54.9 Å². The Labute approximate surface area is 101 Å². The van der Waals surface area contributed by atoms with Gasteiger partial charge in [-0.25, -0.2) is 4.79 Å². The third-order valence-corrected chi connectivity index (χ3v) is 2.83. The third kappa shape index (κ3) is 4.60. The van der Waals surface area contributed by atoms with Crippen molar-refractivity contribution < 1.29 is 19.4 Å². The van der Waals surface area contributed by atoms with Gasteiger partial charge in [0.15, 0.2) is 0 Å². The quantitative estimate of drug-likeness (QED) is 0.714. The summed E-state index contributed by atoms with van der Waals surface area (Å²) in [5.74, 6) is -0.698. The first-order chi connectivity index (χ1) is 8.02. The molecule has 0 aliphatic carbocycles. The maximum absolute atomic E-state index is 11.7. The minimum absolute atomic E-state index is 0.0703. The van der Waals surface area contributed by atoms with Gasteiger partial charge in [-0.3, -0.25) is 4.79 Å². The smallest absolute Gasteiger partial charge is 0.317 e. The molecule has 0 bridgehead atoms. The first-order valence-corrected chi connectivity index (χ1v) is 5.79. The molecule has 0 radical (unpaired) electrons. The van der Waals surface area contributed by atoms with Gasteiger partial charge in [0.05, 0.1) is 6.42 Å². The number of carboxylic acids is 1. The number of ether oxygens (including phenoxy) is 1. The summed E-state index contributed by atoms with van der Waals surface area (Å²) < 4.78 is 4.93. The van der Waals surface area contributed by atoms with Gasteiger partial charge in [0, 0.05) is 38.8 Å². The molecule has 2 amide bonds. The summed E-state index contributed by atoms with van der Waals surface area (Å²) in [6, 6.07) is -0.0452. The molecule has 1 unspecified atom stereocenters. The zero-order valence-electron chi connectivity index (χ0n) is 10.3. The van der Waals surface area contributed by atoms with Crippen molar-refractivity contribution in [2.24, 2.45) is 5.92 Å². The molecule has 2 N–H and O–H groups in total. The van der Waals surface area contributed by atoms with Crippen LogP contribution < -0.4 is 5.32 Å². The summed E-state index contributed by atoms with van der Waals surface area (Å²) in [5, 5.41) is 11.4. The van der Waals surface area contributed by atoms with Crippen molar-refractivity contribution in [2.45, 2.75) is 25.8 Å². The molecule has 0 saturated carbocycles. The summed E-state index contributed by atoms with van der Waals surface area (Å²) >= 11 is 0. The molecule has 98 valence electrons. The van der Waals surface area contributed by atoms with E-state index in [1.54, 1.807) is 12.0 Å². The van der Waals surface area contributed by atoms with E-state index in [9.17, 15) is 9.59 Å². The van der Waals surface area contributed by atoms with Crippen LogP contribution in [0.1, 0.15) is 19.8 Å². The number of hydrogen-bond acceptors (Lipinski definition) is 3. The van der Waals surface area contributed by atoms with E-state index in [4.69, 9.17) is 9.84 Å². The molecular weight excluding hydrogens is 224 g/mol. The molecule has 0 aromatic carbocycles. The molecule has 0 spiro atoms. The highest BCUT2D eigenvalue weighted by molar-refractivity contribution is 5.76. The summed E-state index contributed by atoms with van der Waals surface area (Å²) in [5.41, 5.74) is 0. The summed E-state index contributed by atoms with van der Waals surface area (Å²) in [6.07, 6.45) is 0.914. The Morgan fingerprint density at radius 3 is 2.71 bits per heavy atom. The second-order valence-electron chi connectivity index (χ2n) is 4.50. The fraction of sp³-hybridized carbons (Fsp3) is 0.818. The van der Waals surface area contributed by atoms with E-state index in [-0.39, 0.29) is 24.4 Å². The van der Waals surface area contributed by atoms with E-state index in [1.165, 1.54) is 0 Å². The molecule has 0 aromatic heterocycles. The van der Waals surface area contributed by atoms with Crippen molar-refractivity contribution in [1.29, 1.82) is 0 Å². The Hall–Kier alpha value is -1.30. The molecule has 17 heavy (non-hydrogen) atoms. The average molecular weight is 244 g/mol. The SMILES string of the molecule is COCCC(C)NC(=O)N1CC(CC(=O)O)C1. The minimum Gasteiger partial charge on any atom is -0.481 e. The molecular formula is C11H20N2O4. The highest BCUT2D eigenvalue weighted by Crippen LogP contribution is 2.18. The van der Waals surface area contributed by atoms with Crippen LogP contribution in [-0.2, 0) is 9.53 Å².